The van der Waals surface area contributed by atoms with Crippen LogP contribution >= 0.6 is 0 Å². The normalized spacial score (nSPS) is 17.2. The lowest BCUT2D eigenvalue weighted by Crippen LogP contribution is -2.43. The molecule has 0 atom stereocenters. The van der Waals surface area contributed by atoms with Crippen LogP contribution in [0.5, 0.6) is 0 Å². The largest absolute Gasteiger partial charge is 0.372 e. The van der Waals surface area contributed by atoms with Gasteiger partial charge in [-0.1, -0.05) is 11.9 Å². The van der Waals surface area contributed by atoms with Crippen LogP contribution in [0.3, 0.4) is 0 Å². The van der Waals surface area contributed by atoms with Crippen molar-refractivity contribution in [3.05, 3.63) is 48.3 Å². The number of fused-ring (bicyclic) bond motifs is 2. The number of nitrogens with zero attached hydrogens (tertiary/aromatic N) is 6. The van der Waals surface area contributed by atoms with Gasteiger partial charge in [0.25, 0.3) is 0 Å². The van der Waals surface area contributed by atoms with Crippen molar-refractivity contribution >= 4 is 34.3 Å². The molecule has 4 N–H and O–H groups in total. The van der Waals surface area contributed by atoms with Gasteiger partial charge >= 0.3 is 5.95 Å². The Bertz CT molecular complexity index is 1280. The molecule has 0 unspecified atom stereocenters. The van der Waals surface area contributed by atoms with E-state index in [1.54, 1.807) is 12.7 Å². The highest BCUT2D eigenvalue weighted by Crippen LogP contribution is 2.26. The number of likely N-dealkylation sites (tertiary alicyclic amines) is 1. The third-order valence-electron chi connectivity index (χ3n) is 7.77. The van der Waals surface area contributed by atoms with Gasteiger partial charge < -0.3 is 24.7 Å². The fourth-order valence-corrected chi connectivity index (χ4v) is 5.51. The number of benzene rings is 1. The summed E-state index contributed by atoms with van der Waals surface area (Å²) in [6.45, 7) is 7.54. The van der Waals surface area contributed by atoms with Gasteiger partial charge in [-0.2, -0.15) is 0 Å². The molecule has 0 amide bonds. The Labute approximate surface area is 211 Å². The molecule has 2 aliphatic heterocycles. The summed E-state index contributed by atoms with van der Waals surface area (Å²) in [5.74, 6) is 1.68. The first-order valence-corrected chi connectivity index (χ1v) is 13.0. The summed E-state index contributed by atoms with van der Waals surface area (Å²) in [5.41, 5.74) is 6.25. The molecule has 4 aromatic rings. The smallest absolute Gasteiger partial charge is 0.351 e. The van der Waals surface area contributed by atoms with Crippen LogP contribution in [0.4, 0.5) is 23.1 Å². The highest BCUT2D eigenvalue weighted by atomic mass is 15.3. The van der Waals surface area contributed by atoms with E-state index in [4.69, 9.17) is 4.98 Å². The molecule has 0 spiro atoms. The van der Waals surface area contributed by atoms with Gasteiger partial charge in [-0.25, -0.2) is 15.0 Å². The minimum Gasteiger partial charge on any atom is -0.372 e. The maximum Gasteiger partial charge on any atom is 0.351 e. The molecule has 1 saturated heterocycles. The van der Waals surface area contributed by atoms with Crippen molar-refractivity contribution in [3.8, 4) is 0 Å². The molecule has 2 aliphatic rings. The molecule has 0 bridgehead atoms. The van der Waals surface area contributed by atoms with Crippen molar-refractivity contribution in [2.24, 2.45) is 0 Å². The van der Waals surface area contributed by atoms with Crippen molar-refractivity contribution in [1.29, 1.82) is 0 Å². The highest BCUT2D eigenvalue weighted by molar-refractivity contribution is 5.82. The number of nitrogens with one attached hydrogen (secondary N) is 4. The number of imidazole rings is 2. The van der Waals surface area contributed by atoms with Gasteiger partial charge in [0, 0.05) is 50.4 Å². The zero-order chi connectivity index (χ0) is 24.5. The van der Waals surface area contributed by atoms with Crippen LogP contribution in [-0.2, 0) is 12.8 Å². The van der Waals surface area contributed by atoms with Gasteiger partial charge in [0.1, 0.15) is 0 Å². The predicted molar refractivity (Wildman–Crippen MR) is 142 cm³/mol. The van der Waals surface area contributed by atoms with E-state index in [9.17, 15) is 0 Å². The maximum atomic E-state index is 4.72. The Morgan fingerprint density at radius 2 is 1.81 bits per heavy atom. The fraction of sp³-hybridized carbons (Fsp3) is 0.462. The van der Waals surface area contributed by atoms with E-state index in [-0.39, 0.29) is 0 Å². The van der Waals surface area contributed by atoms with Gasteiger partial charge in [0.05, 0.1) is 37.1 Å². The van der Waals surface area contributed by atoms with Gasteiger partial charge in [0.2, 0.25) is 11.5 Å². The summed E-state index contributed by atoms with van der Waals surface area (Å²) in [6.07, 6.45) is 7.76. The number of hydrogen-bond acceptors (Lipinski definition) is 7. The summed E-state index contributed by atoms with van der Waals surface area (Å²) in [4.78, 5) is 31.0. The van der Waals surface area contributed by atoms with E-state index < -0.39 is 0 Å². The summed E-state index contributed by atoms with van der Waals surface area (Å²) in [5, 5.41) is 3.46. The van der Waals surface area contributed by atoms with Crippen LogP contribution in [0.2, 0.25) is 0 Å². The summed E-state index contributed by atoms with van der Waals surface area (Å²) < 4.78 is 0. The first-order chi connectivity index (χ1) is 17.7. The Morgan fingerprint density at radius 3 is 2.61 bits per heavy atom. The van der Waals surface area contributed by atoms with Crippen molar-refractivity contribution in [2.45, 2.75) is 38.6 Å². The van der Waals surface area contributed by atoms with Gasteiger partial charge in [-0.15, -0.1) is 0 Å². The predicted octanol–water partition coefficient (Wildman–Crippen LogP) is 2.76. The van der Waals surface area contributed by atoms with E-state index in [2.05, 4.69) is 83.2 Å². The van der Waals surface area contributed by atoms with E-state index in [0.717, 1.165) is 55.2 Å². The van der Waals surface area contributed by atoms with Crippen molar-refractivity contribution in [1.82, 2.24) is 29.8 Å². The minimum atomic E-state index is 0.594. The second kappa shape index (κ2) is 9.77. The molecule has 6 rings (SSSR count). The van der Waals surface area contributed by atoms with Crippen LogP contribution in [0.15, 0.2) is 36.9 Å². The lowest BCUT2D eigenvalue weighted by Gasteiger charge is -2.37. The molecule has 1 fully saturated rings. The second-order valence-corrected chi connectivity index (χ2v) is 9.80. The molecular formula is C26H35N10+. The summed E-state index contributed by atoms with van der Waals surface area (Å²) in [6, 6.07) is 9.23. The molecule has 10 heteroatoms. The molecule has 3 aromatic heterocycles. The van der Waals surface area contributed by atoms with Crippen molar-refractivity contribution in [3.63, 3.8) is 0 Å². The summed E-state index contributed by atoms with van der Waals surface area (Å²) in [7, 11) is 2.22. The quantitative estimate of drug-likeness (QED) is 0.384. The molecule has 0 radical (unpaired) electrons. The number of aromatic nitrogens is 6. The monoisotopic (exact) mass is 487 g/mol. The molecule has 36 heavy (non-hydrogen) atoms. The number of anilines is 4. The van der Waals surface area contributed by atoms with Crippen LogP contribution in [0.25, 0.3) is 11.2 Å². The van der Waals surface area contributed by atoms with Crippen molar-refractivity contribution < 1.29 is 4.98 Å². The maximum absolute atomic E-state index is 4.72. The van der Waals surface area contributed by atoms with Gasteiger partial charge in [-0.3, -0.25) is 5.32 Å². The Balaban J connectivity index is 1.18. The fourth-order valence-electron chi connectivity index (χ4n) is 5.51. The van der Waals surface area contributed by atoms with E-state index in [1.807, 2.05) is 0 Å². The van der Waals surface area contributed by atoms with Crippen LogP contribution in [0, 0.1) is 0 Å². The van der Waals surface area contributed by atoms with Gasteiger partial charge in [-0.05, 0) is 43.7 Å². The molecule has 0 saturated carbocycles. The lowest BCUT2D eigenvalue weighted by molar-refractivity contribution is -0.348. The van der Waals surface area contributed by atoms with E-state index in [1.165, 1.54) is 37.3 Å². The number of rotatable bonds is 6. The number of hydrogen-bond donors (Lipinski definition) is 3. The van der Waals surface area contributed by atoms with Gasteiger partial charge in [0.15, 0.2) is 5.52 Å². The third-order valence-corrected chi connectivity index (χ3v) is 7.77. The number of H-pyrrole nitrogens is 3. The Hall–Kier alpha value is -3.66. The second-order valence-electron chi connectivity index (χ2n) is 9.80. The van der Waals surface area contributed by atoms with Crippen LogP contribution in [0.1, 0.15) is 31.2 Å². The number of aromatic amines is 3. The molecule has 0 aliphatic carbocycles. The van der Waals surface area contributed by atoms with Crippen molar-refractivity contribution in [2.75, 3.05) is 54.9 Å². The highest BCUT2D eigenvalue weighted by Gasteiger charge is 2.25. The molecule has 188 valence electrons. The summed E-state index contributed by atoms with van der Waals surface area (Å²) >= 11 is 0. The minimum absolute atomic E-state index is 0.594. The third kappa shape index (κ3) is 4.48. The van der Waals surface area contributed by atoms with E-state index in [0.29, 0.717) is 17.6 Å². The zero-order valence-corrected chi connectivity index (χ0v) is 21.1. The molecular weight excluding hydrogens is 452 g/mol. The first kappa shape index (κ1) is 22.8. The average Bonchev–Trinajstić information content (AvgIpc) is 3.53. The topological polar surface area (TPSA) is 106 Å². The van der Waals surface area contributed by atoms with E-state index >= 15 is 0 Å². The standard InChI is InChI=1S/C26H34N10/c1-3-35-12-8-20(9-13-35)34(2)19-6-4-18(5-7-19)31-26-32-24-23(29-17-30-24)25(33-26)36-14-10-21-22(11-15-36)28-16-27-21/h4-7,16-17,20H,3,8-15H2,1-2H3,(H,27,28)(H2,29,30,31,32,33)/p+1. The van der Waals surface area contributed by atoms with Crippen LogP contribution in [-0.4, -0.2) is 75.6 Å². The zero-order valence-electron chi connectivity index (χ0n) is 21.1. The molecule has 5 heterocycles. The Kier molecular flexibility index (Phi) is 6.18. The molecule has 1 aromatic carbocycles. The SMILES string of the molecule is CCN1CCC(N(C)c2ccc(Nc3nc4nc[nH]c4c(N4CCc5nc[nH]c5CC4)[nH+]3)cc2)CC1. The lowest BCUT2D eigenvalue weighted by atomic mass is 10.0. The Morgan fingerprint density at radius 1 is 1.03 bits per heavy atom. The number of piperidine rings is 1. The van der Waals surface area contributed by atoms with Crippen LogP contribution < -0.4 is 20.1 Å². The average molecular weight is 488 g/mol. The first-order valence-electron chi connectivity index (χ1n) is 13.0. The molecule has 10 nitrogen and oxygen atoms in total.